The predicted molar refractivity (Wildman–Crippen MR) is 84.5 cm³/mol. The van der Waals surface area contributed by atoms with Crippen molar-refractivity contribution < 1.29 is 9.47 Å². The number of anilines is 1. The molecule has 4 heteroatoms. The van der Waals surface area contributed by atoms with Crippen molar-refractivity contribution in [3.05, 3.63) is 53.7 Å². The number of aromatic nitrogens is 1. The van der Waals surface area contributed by atoms with E-state index in [9.17, 15) is 0 Å². The summed E-state index contributed by atoms with van der Waals surface area (Å²) >= 11 is 0. The van der Waals surface area contributed by atoms with Gasteiger partial charge in [-0.05, 0) is 36.2 Å². The van der Waals surface area contributed by atoms with Gasteiger partial charge in [-0.25, -0.2) is 4.98 Å². The molecule has 0 spiro atoms. The zero-order chi connectivity index (χ0) is 14.9. The zero-order valence-corrected chi connectivity index (χ0v) is 12.6. The molecule has 0 saturated carbocycles. The van der Waals surface area contributed by atoms with Crippen LogP contribution in [0.25, 0.3) is 0 Å². The first-order valence-corrected chi connectivity index (χ1v) is 7.22. The molecule has 2 aromatic rings. The highest BCUT2D eigenvalue weighted by molar-refractivity contribution is 5.35. The van der Waals surface area contributed by atoms with Gasteiger partial charge >= 0.3 is 0 Å². The molecule has 1 heterocycles. The first kappa shape index (κ1) is 15.3. The van der Waals surface area contributed by atoms with Gasteiger partial charge < -0.3 is 14.8 Å². The van der Waals surface area contributed by atoms with E-state index in [0.717, 1.165) is 35.8 Å². The molecule has 0 radical (unpaired) electrons. The third-order valence-corrected chi connectivity index (χ3v) is 2.96. The monoisotopic (exact) mass is 286 g/mol. The van der Waals surface area contributed by atoms with Crippen molar-refractivity contribution in [3.8, 4) is 5.75 Å². The van der Waals surface area contributed by atoms with Gasteiger partial charge in [0.15, 0.2) is 0 Å². The van der Waals surface area contributed by atoms with Gasteiger partial charge in [-0.3, -0.25) is 0 Å². The van der Waals surface area contributed by atoms with E-state index in [1.54, 1.807) is 7.11 Å². The van der Waals surface area contributed by atoms with Crippen LogP contribution in [0.15, 0.2) is 42.5 Å². The Labute approximate surface area is 126 Å². The van der Waals surface area contributed by atoms with Crippen LogP contribution in [0.3, 0.4) is 0 Å². The highest BCUT2D eigenvalue weighted by Crippen LogP contribution is 2.16. The van der Waals surface area contributed by atoms with Gasteiger partial charge in [0.05, 0.1) is 12.3 Å². The van der Waals surface area contributed by atoms with Crippen LogP contribution in [0.1, 0.15) is 24.6 Å². The first-order chi connectivity index (χ1) is 10.3. The maximum atomic E-state index is 5.79. The molecule has 1 aromatic carbocycles. The number of hydrogen-bond acceptors (Lipinski definition) is 4. The number of hydrogen-bond donors (Lipinski definition) is 1. The van der Waals surface area contributed by atoms with Crippen LogP contribution in [-0.4, -0.2) is 18.6 Å². The Bertz CT molecular complexity index is 558. The molecule has 0 saturated heterocycles. The van der Waals surface area contributed by atoms with Crippen LogP contribution in [0, 0.1) is 0 Å². The van der Waals surface area contributed by atoms with E-state index in [1.165, 1.54) is 0 Å². The van der Waals surface area contributed by atoms with E-state index in [4.69, 9.17) is 9.47 Å². The minimum absolute atomic E-state index is 0.456. The predicted octanol–water partition coefficient (Wildman–Crippen LogP) is 3.63. The zero-order valence-electron chi connectivity index (χ0n) is 12.6. The lowest BCUT2D eigenvalue weighted by atomic mass is 10.2. The number of benzene rings is 1. The summed E-state index contributed by atoms with van der Waals surface area (Å²) in [6.07, 6.45) is 1.08. The van der Waals surface area contributed by atoms with Crippen molar-refractivity contribution in [2.45, 2.75) is 26.6 Å². The van der Waals surface area contributed by atoms with E-state index >= 15 is 0 Å². The quantitative estimate of drug-likeness (QED) is 0.804. The Kier molecular flexibility index (Phi) is 6.03. The van der Waals surface area contributed by atoms with Gasteiger partial charge in [-0.2, -0.15) is 0 Å². The van der Waals surface area contributed by atoms with Crippen LogP contribution in [0.4, 0.5) is 5.82 Å². The number of rotatable bonds is 8. The molecule has 2 rings (SSSR count). The molecule has 0 aliphatic carbocycles. The van der Waals surface area contributed by atoms with Crippen molar-refractivity contribution in [1.29, 1.82) is 0 Å². The summed E-state index contributed by atoms with van der Waals surface area (Å²) in [6.45, 7) is 4.10. The molecule has 0 bridgehead atoms. The van der Waals surface area contributed by atoms with E-state index in [2.05, 4.69) is 17.2 Å². The Morgan fingerprint density at radius 3 is 2.76 bits per heavy atom. The summed E-state index contributed by atoms with van der Waals surface area (Å²) in [4.78, 5) is 4.52. The highest BCUT2D eigenvalue weighted by atomic mass is 16.5. The molecule has 0 atom stereocenters. The molecule has 0 aliphatic heterocycles. The van der Waals surface area contributed by atoms with Crippen LogP contribution >= 0.6 is 0 Å². The van der Waals surface area contributed by atoms with Gasteiger partial charge in [-0.1, -0.05) is 25.1 Å². The van der Waals surface area contributed by atoms with Crippen molar-refractivity contribution in [3.63, 3.8) is 0 Å². The van der Waals surface area contributed by atoms with Gasteiger partial charge in [0.25, 0.3) is 0 Å². The molecular weight excluding hydrogens is 264 g/mol. The minimum Gasteiger partial charge on any atom is -0.487 e. The van der Waals surface area contributed by atoms with Gasteiger partial charge in [0, 0.05) is 13.7 Å². The van der Waals surface area contributed by atoms with Gasteiger partial charge in [-0.15, -0.1) is 0 Å². The molecule has 0 aliphatic rings. The fourth-order valence-electron chi connectivity index (χ4n) is 1.96. The second kappa shape index (κ2) is 8.27. The fourth-order valence-corrected chi connectivity index (χ4v) is 1.96. The number of nitrogens with zero attached hydrogens (tertiary/aromatic N) is 1. The summed E-state index contributed by atoms with van der Waals surface area (Å²) in [7, 11) is 1.69. The Morgan fingerprint density at radius 1 is 1.10 bits per heavy atom. The standard InChI is InChI=1S/C17H22N2O2/c1-3-10-18-17-9-5-7-15(19-17)13-21-16-8-4-6-14(11-16)12-20-2/h4-9,11H,3,10,12-13H2,1-2H3,(H,18,19). The summed E-state index contributed by atoms with van der Waals surface area (Å²) in [5.41, 5.74) is 2.01. The van der Waals surface area contributed by atoms with Crippen molar-refractivity contribution in [1.82, 2.24) is 4.98 Å². The van der Waals surface area contributed by atoms with E-state index in [0.29, 0.717) is 13.2 Å². The summed E-state index contributed by atoms with van der Waals surface area (Å²) in [5.74, 6) is 1.73. The molecule has 1 N–H and O–H groups in total. The second-order valence-corrected chi connectivity index (χ2v) is 4.81. The van der Waals surface area contributed by atoms with Crippen LogP contribution in [0.5, 0.6) is 5.75 Å². The first-order valence-electron chi connectivity index (χ1n) is 7.22. The lowest BCUT2D eigenvalue weighted by Gasteiger charge is -2.09. The molecule has 0 amide bonds. The largest absolute Gasteiger partial charge is 0.487 e. The topological polar surface area (TPSA) is 43.4 Å². The van der Waals surface area contributed by atoms with E-state index < -0.39 is 0 Å². The maximum Gasteiger partial charge on any atom is 0.130 e. The molecular formula is C17H22N2O2. The normalized spacial score (nSPS) is 10.4. The fraction of sp³-hybridized carbons (Fsp3) is 0.353. The Balaban J connectivity index is 1.94. The lowest BCUT2D eigenvalue weighted by molar-refractivity contribution is 0.184. The van der Waals surface area contributed by atoms with Crippen LogP contribution in [0.2, 0.25) is 0 Å². The van der Waals surface area contributed by atoms with Crippen LogP contribution in [-0.2, 0) is 18.0 Å². The number of pyridine rings is 1. The summed E-state index contributed by atoms with van der Waals surface area (Å²) in [5, 5.41) is 3.28. The average Bonchev–Trinajstić information content (AvgIpc) is 2.52. The smallest absolute Gasteiger partial charge is 0.130 e. The third-order valence-electron chi connectivity index (χ3n) is 2.96. The highest BCUT2D eigenvalue weighted by Gasteiger charge is 2.00. The molecule has 1 aromatic heterocycles. The summed E-state index contributed by atoms with van der Waals surface area (Å²) < 4.78 is 10.9. The summed E-state index contributed by atoms with van der Waals surface area (Å²) in [6, 6.07) is 13.8. The minimum atomic E-state index is 0.456. The van der Waals surface area contributed by atoms with Crippen molar-refractivity contribution in [2.24, 2.45) is 0 Å². The molecule has 112 valence electrons. The van der Waals surface area contributed by atoms with Gasteiger partial charge in [0.2, 0.25) is 0 Å². The van der Waals surface area contributed by atoms with Crippen LogP contribution < -0.4 is 10.1 Å². The van der Waals surface area contributed by atoms with Gasteiger partial charge in [0.1, 0.15) is 18.2 Å². The second-order valence-electron chi connectivity index (χ2n) is 4.81. The Hall–Kier alpha value is -2.07. The molecule has 4 nitrogen and oxygen atoms in total. The lowest BCUT2D eigenvalue weighted by Crippen LogP contribution is -2.05. The average molecular weight is 286 g/mol. The van der Waals surface area contributed by atoms with E-state index in [1.807, 2.05) is 42.5 Å². The van der Waals surface area contributed by atoms with Crippen molar-refractivity contribution >= 4 is 5.82 Å². The number of nitrogens with one attached hydrogen (secondary N) is 1. The molecule has 0 fully saturated rings. The number of ether oxygens (including phenoxy) is 2. The third kappa shape index (κ3) is 5.08. The molecule has 21 heavy (non-hydrogen) atoms. The number of methoxy groups -OCH3 is 1. The van der Waals surface area contributed by atoms with Crippen molar-refractivity contribution in [2.75, 3.05) is 19.0 Å². The molecule has 0 unspecified atom stereocenters. The maximum absolute atomic E-state index is 5.79. The Morgan fingerprint density at radius 2 is 1.95 bits per heavy atom. The SMILES string of the molecule is CCCNc1cccc(COc2cccc(COC)c2)n1. The van der Waals surface area contributed by atoms with E-state index in [-0.39, 0.29) is 0 Å².